The highest BCUT2D eigenvalue weighted by Gasteiger charge is 2.22. The van der Waals surface area contributed by atoms with Crippen molar-refractivity contribution >= 4 is 40.2 Å². The molecule has 0 spiro atoms. The quantitative estimate of drug-likeness (QED) is 0.622. The molecule has 0 aliphatic rings. The van der Waals surface area contributed by atoms with Crippen molar-refractivity contribution in [3.8, 4) is 0 Å². The van der Waals surface area contributed by atoms with Gasteiger partial charge < -0.3 is 15.0 Å². The number of nitrogens with zero attached hydrogens (tertiary/aromatic N) is 1. The summed E-state index contributed by atoms with van der Waals surface area (Å²) < 4.78 is 46.1. The minimum absolute atomic E-state index is 0.0110. The van der Waals surface area contributed by atoms with E-state index < -0.39 is 34.8 Å². The lowest BCUT2D eigenvalue weighted by Gasteiger charge is -2.07. The third kappa shape index (κ3) is 3.94. The van der Waals surface area contributed by atoms with Gasteiger partial charge in [-0.2, -0.15) is 0 Å². The molecule has 2 aromatic carbocycles. The average Bonchev–Trinajstić information content (AvgIpc) is 3.05. The van der Waals surface area contributed by atoms with E-state index in [4.69, 9.17) is 16.3 Å². The number of amides is 1. The van der Waals surface area contributed by atoms with Crippen molar-refractivity contribution in [2.75, 3.05) is 11.9 Å². The second-order valence-electron chi connectivity index (χ2n) is 5.69. The fourth-order valence-electron chi connectivity index (χ4n) is 2.54. The van der Waals surface area contributed by atoms with Gasteiger partial charge in [-0.15, -0.1) is 0 Å². The van der Waals surface area contributed by atoms with E-state index in [9.17, 15) is 22.8 Å². The molecule has 146 valence electrons. The molecule has 1 heterocycles. The van der Waals surface area contributed by atoms with Crippen molar-refractivity contribution in [3.05, 3.63) is 58.1 Å². The van der Waals surface area contributed by atoms with E-state index in [-0.39, 0.29) is 40.6 Å². The largest absolute Gasteiger partial charge is 0.466 e. The van der Waals surface area contributed by atoms with Gasteiger partial charge in [0.1, 0.15) is 23.6 Å². The summed E-state index contributed by atoms with van der Waals surface area (Å²) in [6.07, 6.45) is -0.307. The monoisotopic (exact) mass is 411 g/mol. The van der Waals surface area contributed by atoms with E-state index in [0.717, 1.165) is 6.07 Å². The summed E-state index contributed by atoms with van der Waals surface area (Å²) in [6.45, 7) is 1.77. The number of aromatic amines is 1. The molecular weight excluding hydrogens is 399 g/mol. The number of carbonyl (C=O) groups excluding carboxylic acids is 2. The summed E-state index contributed by atoms with van der Waals surface area (Å²) in [7, 11) is 0. The van der Waals surface area contributed by atoms with Gasteiger partial charge in [0.2, 0.25) is 0 Å². The standard InChI is InChI=1S/C18H13ClF3N3O3/c1-2-28-14(26)7-13-24-16-9(6-12(21)15(22)17(16)25-13)18(27)23-8-3-4-11(20)10(19)5-8/h3-6H,2,7H2,1H3,(H,23,27)(H,24,25). The van der Waals surface area contributed by atoms with E-state index in [1.54, 1.807) is 6.92 Å². The second-order valence-corrected chi connectivity index (χ2v) is 6.10. The van der Waals surface area contributed by atoms with Crippen molar-refractivity contribution in [1.82, 2.24) is 9.97 Å². The van der Waals surface area contributed by atoms with Crippen molar-refractivity contribution in [1.29, 1.82) is 0 Å². The molecule has 3 aromatic rings. The smallest absolute Gasteiger partial charge is 0.313 e. The molecule has 0 radical (unpaired) electrons. The maximum Gasteiger partial charge on any atom is 0.313 e. The highest BCUT2D eigenvalue weighted by atomic mass is 35.5. The van der Waals surface area contributed by atoms with Gasteiger partial charge >= 0.3 is 5.97 Å². The first-order valence-electron chi connectivity index (χ1n) is 8.08. The number of anilines is 1. The Bertz CT molecular complexity index is 1080. The van der Waals surface area contributed by atoms with Gasteiger partial charge in [-0.3, -0.25) is 9.59 Å². The lowest BCUT2D eigenvalue weighted by Crippen LogP contribution is -2.13. The predicted molar refractivity (Wildman–Crippen MR) is 95.7 cm³/mol. The zero-order chi connectivity index (χ0) is 20.4. The molecule has 6 nitrogen and oxygen atoms in total. The Labute approximate surface area is 161 Å². The Morgan fingerprint density at radius 2 is 1.96 bits per heavy atom. The van der Waals surface area contributed by atoms with Crippen LogP contribution < -0.4 is 5.32 Å². The first-order valence-corrected chi connectivity index (χ1v) is 8.46. The molecule has 0 aliphatic heterocycles. The number of nitrogens with one attached hydrogen (secondary N) is 2. The Balaban J connectivity index is 1.98. The molecule has 1 aromatic heterocycles. The van der Waals surface area contributed by atoms with Crippen LogP contribution in [0.25, 0.3) is 11.0 Å². The van der Waals surface area contributed by atoms with Gasteiger partial charge in [-0.1, -0.05) is 11.6 Å². The van der Waals surface area contributed by atoms with E-state index in [2.05, 4.69) is 15.3 Å². The number of ether oxygens (including phenoxy) is 1. The highest BCUT2D eigenvalue weighted by Crippen LogP contribution is 2.25. The van der Waals surface area contributed by atoms with Gasteiger partial charge in [-0.25, -0.2) is 18.2 Å². The lowest BCUT2D eigenvalue weighted by molar-refractivity contribution is -0.142. The van der Waals surface area contributed by atoms with Crippen LogP contribution in [0.15, 0.2) is 24.3 Å². The van der Waals surface area contributed by atoms with Crippen LogP contribution in [0.5, 0.6) is 0 Å². The molecule has 0 aliphatic carbocycles. The third-order valence-electron chi connectivity index (χ3n) is 3.75. The van der Waals surface area contributed by atoms with Gasteiger partial charge in [0, 0.05) is 5.69 Å². The Kier molecular flexibility index (Phi) is 5.55. The molecule has 28 heavy (non-hydrogen) atoms. The van der Waals surface area contributed by atoms with Crippen LogP contribution in [0.4, 0.5) is 18.9 Å². The topological polar surface area (TPSA) is 84.1 Å². The van der Waals surface area contributed by atoms with Crippen molar-refractivity contribution in [2.24, 2.45) is 0 Å². The molecule has 0 saturated carbocycles. The summed E-state index contributed by atoms with van der Waals surface area (Å²) >= 11 is 5.67. The highest BCUT2D eigenvalue weighted by molar-refractivity contribution is 6.31. The third-order valence-corrected chi connectivity index (χ3v) is 4.04. The Morgan fingerprint density at radius 3 is 2.64 bits per heavy atom. The maximum atomic E-state index is 14.1. The number of esters is 1. The molecule has 0 bridgehead atoms. The van der Waals surface area contributed by atoms with E-state index in [0.29, 0.717) is 6.07 Å². The first kappa shape index (κ1) is 19.7. The summed E-state index contributed by atoms with van der Waals surface area (Å²) in [5.41, 5.74) is -0.622. The van der Waals surface area contributed by atoms with E-state index >= 15 is 0 Å². The first-order chi connectivity index (χ1) is 13.3. The summed E-state index contributed by atoms with van der Waals surface area (Å²) in [5, 5.41) is 2.20. The molecule has 0 atom stereocenters. The summed E-state index contributed by atoms with van der Waals surface area (Å²) in [5.74, 6) is -4.64. The van der Waals surface area contributed by atoms with E-state index in [1.165, 1.54) is 12.1 Å². The van der Waals surface area contributed by atoms with Crippen LogP contribution in [0.2, 0.25) is 5.02 Å². The SMILES string of the molecule is CCOC(=O)Cc1nc2c(F)c(F)cc(C(=O)Nc3ccc(F)c(Cl)c3)c2[nH]1. The normalized spacial score (nSPS) is 10.9. The predicted octanol–water partition coefficient (Wildman–Crippen LogP) is 3.99. The minimum atomic E-state index is -1.29. The minimum Gasteiger partial charge on any atom is -0.466 e. The van der Waals surface area contributed by atoms with Crippen LogP contribution >= 0.6 is 11.6 Å². The Hall–Kier alpha value is -3.07. The number of rotatable bonds is 5. The molecule has 0 saturated heterocycles. The molecule has 1 amide bonds. The number of imidazole rings is 1. The van der Waals surface area contributed by atoms with Crippen LogP contribution in [0.1, 0.15) is 23.1 Å². The Morgan fingerprint density at radius 1 is 1.21 bits per heavy atom. The zero-order valence-corrected chi connectivity index (χ0v) is 15.2. The van der Waals surface area contributed by atoms with Gasteiger partial charge in [-0.05, 0) is 31.2 Å². The van der Waals surface area contributed by atoms with Gasteiger partial charge in [0.05, 0.1) is 22.7 Å². The number of H-pyrrole nitrogens is 1. The molecule has 2 N–H and O–H groups in total. The zero-order valence-electron chi connectivity index (χ0n) is 14.4. The summed E-state index contributed by atoms with van der Waals surface area (Å²) in [4.78, 5) is 30.6. The second kappa shape index (κ2) is 7.89. The van der Waals surface area contributed by atoms with Crippen LogP contribution in [-0.2, 0) is 16.0 Å². The van der Waals surface area contributed by atoms with Crippen LogP contribution in [0.3, 0.4) is 0 Å². The average molecular weight is 412 g/mol. The van der Waals surface area contributed by atoms with Crippen LogP contribution in [-0.4, -0.2) is 28.5 Å². The number of fused-ring (bicyclic) bond motifs is 1. The number of benzene rings is 2. The summed E-state index contributed by atoms with van der Waals surface area (Å²) in [6, 6.07) is 4.18. The van der Waals surface area contributed by atoms with Crippen molar-refractivity contribution in [3.63, 3.8) is 0 Å². The number of hydrogen-bond donors (Lipinski definition) is 2. The number of aromatic nitrogens is 2. The number of halogens is 4. The van der Waals surface area contributed by atoms with E-state index in [1.807, 2.05) is 0 Å². The number of hydrogen-bond acceptors (Lipinski definition) is 4. The molecule has 3 rings (SSSR count). The van der Waals surface area contributed by atoms with Crippen LogP contribution in [0, 0.1) is 17.5 Å². The van der Waals surface area contributed by atoms with Crippen molar-refractivity contribution < 1.29 is 27.5 Å². The molecule has 10 heteroatoms. The molecular formula is C18H13ClF3N3O3. The lowest BCUT2D eigenvalue weighted by atomic mass is 10.1. The molecule has 0 fully saturated rings. The van der Waals surface area contributed by atoms with Gasteiger partial charge in [0.25, 0.3) is 5.91 Å². The van der Waals surface area contributed by atoms with Crippen molar-refractivity contribution in [2.45, 2.75) is 13.3 Å². The van der Waals surface area contributed by atoms with Gasteiger partial charge in [0.15, 0.2) is 11.6 Å². The fraction of sp³-hybridized carbons (Fsp3) is 0.167. The fourth-order valence-corrected chi connectivity index (χ4v) is 2.72. The number of carbonyl (C=O) groups is 2. The maximum absolute atomic E-state index is 14.1. The molecule has 0 unspecified atom stereocenters.